The molecule has 2 aromatic carbocycles. The van der Waals surface area contributed by atoms with Crippen LogP contribution in [-0.2, 0) is 0 Å². The van der Waals surface area contributed by atoms with Gasteiger partial charge in [-0.25, -0.2) is 0 Å². The summed E-state index contributed by atoms with van der Waals surface area (Å²) in [6, 6.07) is 18.2. The van der Waals surface area contributed by atoms with Crippen LogP contribution in [0.15, 0.2) is 63.9 Å². The van der Waals surface area contributed by atoms with Crippen LogP contribution in [0.4, 0.5) is 0 Å². The number of hydrogen-bond acceptors (Lipinski definition) is 2. The van der Waals surface area contributed by atoms with Gasteiger partial charge in [-0.3, -0.25) is 0 Å². The molecule has 2 heteroatoms. The van der Waals surface area contributed by atoms with E-state index in [0.29, 0.717) is 0 Å². The molecule has 0 aromatic heterocycles. The van der Waals surface area contributed by atoms with Crippen molar-refractivity contribution >= 4 is 29.1 Å². The summed E-state index contributed by atoms with van der Waals surface area (Å²) < 4.78 is 1.73. The van der Waals surface area contributed by atoms with Crippen LogP contribution in [0.2, 0.25) is 0 Å². The molecule has 27 heavy (non-hydrogen) atoms. The predicted molar refractivity (Wildman–Crippen MR) is 118 cm³/mol. The molecule has 5 fully saturated rings. The van der Waals surface area contributed by atoms with Crippen LogP contribution in [-0.4, -0.2) is 11.5 Å². The number of benzene rings is 2. The van der Waals surface area contributed by atoms with E-state index >= 15 is 0 Å². The second kappa shape index (κ2) is 5.58. The summed E-state index contributed by atoms with van der Waals surface area (Å²) in [5, 5.41) is 0. The van der Waals surface area contributed by atoms with Crippen LogP contribution in [0.3, 0.4) is 0 Å². The van der Waals surface area contributed by atoms with E-state index in [2.05, 4.69) is 72.1 Å². The van der Waals surface area contributed by atoms with Gasteiger partial charge < -0.3 is 0 Å². The monoisotopic (exact) mass is 386 g/mol. The van der Waals surface area contributed by atoms with E-state index in [0.717, 1.165) is 23.7 Å². The van der Waals surface area contributed by atoms with Gasteiger partial charge in [-0.1, -0.05) is 54.1 Å². The van der Waals surface area contributed by atoms with Crippen LogP contribution in [0.1, 0.15) is 30.4 Å². The summed E-state index contributed by atoms with van der Waals surface area (Å²) in [4.78, 5) is 0. The molecule has 1 heterocycles. The highest BCUT2D eigenvalue weighted by atomic mass is 32.2. The van der Waals surface area contributed by atoms with Crippen LogP contribution in [0.5, 0.6) is 0 Å². The first-order valence-corrected chi connectivity index (χ1v) is 12.3. The Morgan fingerprint density at radius 1 is 0.593 bits per heavy atom. The molecule has 134 valence electrons. The van der Waals surface area contributed by atoms with Crippen molar-refractivity contribution in [1.29, 1.82) is 0 Å². The maximum Gasteiger partial charge on any atom is 0.0398 e. The third-order valence-corrected chi connectivity index (χ3v) is 10.2. The van der Waals surface area contributed by atoms with E-state index in [-0.39, 0.29) is 0 Å². The van der Waals surface area contributed by atoms with Gasteiger partial charge in [-0.15, -0.1) is 23.5 Å². The second-order valence-electron chi connectivity index (χ2n) is 8.61. The molecule has 0 N–H and O–H groups in total. The minimum Gasteiger partial charge on any atom is -0.119 e. The number of rotatable bonds is 0. The molecule has 1 saturated heterocycles. The Kier molecular flexibility index (Phi) is 3.21. The van der Waals surface area contributed by atoms with Crippen molar-refractivity contribution in [2.24, 2.45) is 23.7 Å². The lowest BCUT2D eigenvalue weighted by Gasteiger charge is -2.24. The Hall–Kier alpha value is -1.38. The third kappa shape index (κ3) is 1.94. The van der Waals surface area contributed by atoms with Gasteiger partial charge in [0.15, 0.2) is 0 Å². The van der Waals surface area contributed by atoms with Crippen molar-refractivity contribution in [3.05, 3.63) is 75.0 Å². The molecule has 2 aromatic rings. The summed E-state index contributed by atoms with van der Waals surface area (Å²) in [5.41, 5.74) is 11.3. The fraction of sp³-hybridized carbons (Fsp3) is 0.360. The minimum atomic E-state index is 0.819. The maximum atomic E-state index is 2.37. The highest BCUT2D eigenvalue weighted by molar-refractivity contribution is 8.22. The standard InChI is InChI=1S/C25H22S2/c1-3-8-16-14(6-1)15-7-2-4-9-17(15)22(16)23-18-12-20-19(23)13-21(18)24(20)25-26-10-5-11-27-25/h1-4,6-9,18-21H,5,10-13H2/t18-,19-,20-,21-/m1/s1. The molecule has 0 spiro atoms. The first-order chi connectivity index (χ1) is 13.4. The molecule has 4 bridgehead atoms. The molecule has 8 rings (SSSR count). The molecule has 5 aliphatic carbocycles. The number of allylic oxidation sites excluding steroid dienone is 2. The van der Waals surface area contributed by atoms with Crippen LogP contribution < -0.4 is 0 Å². The van der Waals surface area contributed by atoms with Crippen molar-refractivity contribution in [1.82, 2.24) is 0 Å². The fourth-order valence-corrected chi connectivity index (χ4v) is 9.63. The topological polar surface area (TPSA) is 0 Å². The Bertz CT molecular complexity index is 966. The van der Waals surface area contributed by atoms with Gasteiger partial charge in [0.05, 0.1) is 0 Å². The van der Waals surface area contributed by atoms with Crippen molar-refractivity contribution in [2.45, 2.75) is 19.3 Å². The van der Waals surface area contributed by atoms with E-state index in [4.69, 9.17) is 0 Å². The summed E-state index contributed by atoms with van der Waals surface area (Å²) >= 11 is 4.34. The lowest BCUT2D eigenvalue weighted by atomic mass is 9.85. The number of thioether (sulfide) groups is 2. The lowest BCUT2D eigenvalue weighted by molar-refractivity contribution is 0.457. The first kappa shape index (κ1) is 15.5. The molecule has 4 saturated carbocycles. The highest BCUT2D eigenvalue weighted by Gasteiger charge is 2.61. The SMILES string of the molecule is c1ccc2c(c1)C(=C1[C@@H]3C[C@H]4C(=C5SCCCS5)[C@@H]3C[C@@H]14)c1ccccc1-2. The van der Waals surface area contributed by atoms with Gasteiger partial charge >= 0.3 is 0 Å². The van der Waals surface area contributed by atoms with Gasteiger partial charge in [-0.05, 0) is 87.8 Å². The normalized spacial score (nSPS) is 32.6. The van der Waals surface area contributed by atoms with Crippen molar-refractivity contribution in [3.63, 3.8) is 0 Å². The molecule has 4 atom stereocenters. The summed E-state index contributed by atoms with van der Waals surface area (Å²) in [6.07, 6.45) is 4.24. The van der Waals surface area contributed by atoms with Crippen LogP contribution in [0.25, 0.3) is 16.7 Å². The lowest BCUT2D eigenvalue weighted by Crippen LogP contribution is -2.10. The zero-order chi connectivity index (χ0) is 17.5. The van der Waals surface area contributed by atoms with Gasteiger partial charge in [0, 0.05) is 4.24 Å². The average Bonchev–Trinajstić information content (AvgIpc) is 3.50. The zero-order valence-corrected chi connectivity index (χ0v) is 16.9. The maximum absolute atomic E-state index is 2.37. The fourth-order valence-electron chi connectivity index (χ4n) is 6.73. The largest absolute Gasteiger partial charge is 0.119 e. The van der Waals surface area contributed by atoms with Gasteiger partial charge in [0.1, 0.15) is 0 Å². The Labute approximate surface area is 169 Å². The average molecular weight is 387 g/mol. The molecule has 0 nitrogen and oxygen atoms in total. The Morgan fingerprint density at radius 3 is 1.63 bits per heavy atom. The highest BCUT2D eigenvalue weighted by Crippen LogP contribution is 2.72. The molecular weight excluding hydrogens is 364 g/mol. The van der Waals surface area contributed by atoms with E-state index in [1.54, 1.807) is 9.81 Å². The van der Waals surface area contributed by atoms with Gasteiger partial charge in [-0.2, -0.15) is 0 Å². The summed E-state index contributed by atoms with van der Waals surface area (Å²) in [5.74, 6) is 6.04. The van der Waals surface area contributed by atoms with E-state index in [1.807, 2.05) is 11.1 Å². The van der Waals surface area contributed by atoms with Crippen LogP contribution in [0, 0.1) is 23.7 Å². The molecular formula is C25H22S2. The van der Waals surface area contributed by atoms with Gasteiger partial charge in [0.2, 0.25) is 0 Å². The first-order valence-electron chi connectivity index (χ1n) is 10.3. The van der Waals surface area contributed by atoms with Crippen LogP contribution >= 0.6 is 23.5 Å². The third-order valence-electron chi connectivity index (χ3n) is 7.55. The minimum absolute atomic E-state index is 0.819. The summed E-state index contributed by atoms with van der Waals surface area (Å²) in [7, 11) is 0. The Balaban J connectivity index is 1.41. The molecule has 1 aliphatic heterocycles. The van der Waals surface area contributed by atoms with Crippen molar-refractivity contribution in [3.8, 4) is 11.1 Å². The van der Waals surface area contributed by atoms with Crippen molar-refractivity contribution in [2.75, 3.05) is 11.5 Å². The van der Waals surface area contributed by atoms with E-state index in [1.165, 1.54) is 53.0 Å². The van der Waals surface area contributed by atoms with Gasteiger partial charge in [0.25, 0.3) is 0 Å². The Morgan fingerprint density at radius 2 is 1.07 bits per heavy atom. The number of fused-ring (bicyclic) bond motifs is 3. The zero-order valence-electron chi connectivity index (χ0n) is 15.3. The van der Waals surface area contributed by atoms with Crippen molar-refractivity contribution < 1.29 is 0 Å². The molecule has 6 aliphatic rings. The second-order valence-corrected chi connectivity index (χ2v) is 11.1. The quantitative estimate of drug-likeness (QED) is 0.415. The predicted octanol–water partition coefficient (Wildman–Crippen LogP) is 6.84. The summed E-state index contributed by atoms with van der Waals surface area (Å²) in [6.45, 7) is 0. The van der Waals surface area contributed by atoms with E-state index < -0.39 is 0 Å². The van der Waals surface area contributed by atoms with E-state index in [9.17, 15) is 0 Å². The number of hydrogen-bond donors (Lipinski definition) is 0. The molecule has 0 unspecified atom stereocenters. The molecule has 0 amide bonds. The molecule has 0 radical (unpaired) electrons. The smallest absolute Gasteiger partial charge is 0.0398 e.